The number of amides is 1. The highest BCUT2D eigenvalue weighted by Gasteiger charge is 2.18. The fourth-order valence-corrected chi connectivity index (χ4v) is 4.42. The number of likely N-dealkylation sites (N-methyl/N-ethyl adjacent to an activating group) is 1. The summed E-state index contributed by atoms with van der Waals surface area (Å²) in [7, 11) is 2.16. The molecule has 5 N–H and O–H groups in total. The Morgan fingerprint density at radius 2 is 1.66 bits per heavy atom. The van der Waals surface area contributed by atoms with Gasteiger partial charge in [0, 0.05) is 71.2 Å². The number of hydrogen-bond acceptors (Lipinski definition) is 11. The zero-order valence-electron chi connectivity index (χ0n) is 23.6. The van der Waals surface area contributed by atoms with Gasteiger partial charge in [0.05, 0.1) is 18.1 Å². The number of nitrogens with zero attached hydrogens (tertiary/aromatic N) is 6. The molecule has 0 saturated carbocycles. The largest absolute Gasteiger partial charge is 0.397 e. The van der Waals surface area contributed by atoms with Gasteiger partial charge in [-0.2, -0.15) is 4.98 Å². The predicted octanol–water partition coefficient (Wildman–Crippen LogP) is 1.67. The van der Waals surface area contributed by atoms with Gasteiger partial charge in [-0.1, -0.05) is 12.1 Å². The second-order valence-corrected chi connectivity index (χ2v) is 9.83. The Morgan fingerprint density at radius 3 is 2.32 bits per heavy atom. The van der Waals surface area contributed by atoms with Gasteiger partial charge in [-0.05, 0) is 43.8 Å². The summed E-state index contributed by atoms with van der Waals surface area (Å²) >= 11 is 0. The molecular weight excluding hydrogens is 527 g/mol. The number of halogens is 1. The summed E-state index contributed by atoms with van der Waals surface area (Å²) in [4.78, 5) is 31.6. The molecule has 1 aromatic carbocycles. The molecule has 41 heavy (non-hydrogen) atoms. The average molecular weight is 567 g/mol. The van der Waals surface area contributed by atoms with Crippen LogP contribution in [0.25, 0.3) is 0 Å². The Kier molecular flexibility index (Phi) is 11.1. The predicted molar refractivity (Wildman–Crippen MR) is 158 cm³/mol. The van der Waals surface area contributed by atoms with Crippen molar-refractivity contribution in [1.29, 1.82) is 0 Å². The van der Waals surface area contributed by atoms with Crippen molar-refractivity contribution >= 4 is 29.0 Å². The minimum atomic E-state index is -0.502. The average Bonchev–Trinajstić information content (AvgIpc) is 3.00. The van der Waals surface area contributed by atoms with Gasteiger partial charge >= 0.3 is 0 Å². The Hall–Kier alpha value is -3.91. The van der Waals surface area contributed by atoms with E-state index in [9.17, 15) is 9.18 Å². The lowest BCUT2D eigenvalue weighted by Crippen LogP contribution is -2.44. The van der Waals surface area contributed by atoms with Crippen molar-refractivity contribution in [2.24, 2.45) is 0 Å². The number of anilines is 4. The Balaban J connectivity index is 0.00000124. The molecule has 2 aliphatic heterocycles. The number of aromatic nitrogens is 3. The number of hydrazine groups is 1. The van der Waals surface area contributed by atoms with E-state index in [2.05, 4.69) is 65.4 Å². The number of carbonyl (C=O) groups excluding carboxylic acids is 1. The third-order valence-corrected chi connectivity index (χ3v) is 6.67. The molecule has 2 saturated heterocycles. The second kappa shape index (κ2) is 15.2. The van der Waals surface area contributed by atoms with Gasteiger partial charge in [-0.15, -0.1) is 0 Å². The molecule has 2 aromatic heterocycles. The third kappa shape index (κ3) is 9.05. The molecule has 0 bridgehead atoms. The van der Waals surface area contributed by atoms with E-state index in [0.29, 0.717) is 13.1 Å². The fourth-order valence-electron chi connectivity index (χ4n) is 4.42. The van der Waals surface area contributed by atoms with Gasteiger partial charge < -0.3 is 25.5 Å². The molecule has 0 unspecified atom stereocenters. The smallest absolute Gasteiger partial charge is 0.288 e. The molecule has 3 aromatic rings. The summed E-state index contributed by atoms with van der Waals surface area (Å²) in [6.45, 7) is 10.1. The zero-order chi connectivity index (χ0) is 29.0. The number of carbonyl (C=O) groups is 1. The van der Waals surface area contributed by atoms with Crippen LogP contribution in [0.15, 0.2) is 48.8 Å². The third-order valence-electron chi connectivity index (χ3n) is 6.67. The minimum Gasteiger partial charge on any atom is -0.397 e. The molecule has 1 amide bonds. The molecule has 13 heteroatoms. The molecule has 2 aliphatic rings. The SMILES string of the molecule is CCO.CN1CCN(Cc2ccc(Nc3ccc(C(=O)NNc4ncc(F)c(N5CCNCC5)n4)nc3)cc2)CC1. The lowest BCUT2D eigenvalue weighted by atomic mass is 10.1. The summed E-state index contributed by atoms with van der Waals surface area (Å²) in [5, 5.41) is 14.1. The van der Waals surface area contributed by atoms with Gasteiger partial charge in [-0.25, -0.2) is 14.4 Å². The molecular formula is C28H39FN10O2. The van der Waals surface area contributed by atoms with Crippen LogP contribution in [-0.2, 0) is 6.54 Å². The van der Waals surface area contributed by atoms with E-state index in [0.717, 1.165) is 63.4 Å². The topological polar surface area (TPSA) is 134 Å². The summed E-state index contributed by atoms with van der Waals surface area (Å²) in [5.41, 5.74) is 8.38. The molecule has 0 aliphatic carbocycles. The number of pyridine rings is 1. The van der Waals surface area contributed by atoms with Crippen LogP contribution >= 0.6 is 0 Å². The number of hydrogen-bond donors (Lipinski definition) is 5. The van der Waals surface area contributed by atoms with Crippen LogP contribution < -0.4 is 26.4 Å². The molecule has 0 atom stereocenters. The maximum absolute atomic E-state index is 14.2. The van der Waals surface area contributed by atoms with E-state index < -0.39 is 11.7 Å². The first-order valence-electron chi connectivity index (χ1n) is 13.8. The first kappa shape index (κ1) is 30.1. The highest BCUT2D eigenvalue weighted by Crippen LogP contribution is 2.19. The summed E-state index contributed by atoms with van der Waals surface area (Å²) in [5.74, 6) is -0.651. The van der Waals surface area contributed by atoms with Crippen molar-refractivity contribution in [2.45, 2.75) is 13.5 Å². The Bertz CT molecular complexity index is 1230. The number of nitrogens with one attached hydrogen (secondary N) is 4. The fraction of sp³-hybridized carbons (Fsp3) is 0.429. The molecule has 4 heterocycles. The number of benzene rings is 1. The van der Waals surface area contributed by atoms with Crippen LogP contribution in [0.5, 0.6) is 0 Å². The highest BCUT2D eigenvalue weighted by molar-refractivity contribution is 5.93. The Labute approximate surface area is 240 Å². The van der Waals surface area contributed by atoms with E-state index in [1.54, 1.807) is 25.3 Å². The van der Waals surface area contributed by atoms with Crippen molar-refractivity contribution in [1.82, 2.24) is 35.5 Å². The van der Waals surface area contributed by atoms with E-state index in [-0.39, 0.29) is 24.1 Å². The standard InChI is InChI=1S/C26H33FN10O.C2H6O/c1-35-12-14-36(15-13-35)18-19-2-4-20(5-3-19)31-21-6-7-23(29-16-21)25(38)33-34-26-30-17-22(27)24(32-26)37-10-8-28-9-11-37;1-2-3/h2-7,16-17,28,31H,8-15,18H2,1H3,(H,33,38)(H,30,32,34);3H,2H2,1H3. The van der Waals surface area contributed by atoms with Gasteiger partial charge in [-0.3, -0.25) is 20.5 Å². The normalized spacial score (nSPS) is 16.0. The van der Waals surface area contributed by atoms with Gasteiger partial charge in [0.1, 0.15) is 5.69 Å². The Morgan fingerprint density at radius 1 is 0.976 bits per heavy atom. The quantitative estimate of drug-likeness (QED) is 0.255. The maximum Gasteiger partial charge on any atom is 0.288 e. The highest BCUT2D eigenvalue weighted by atomic mass is 19.1. The van der Waals surface area contributed by atoms with Crippen molar-refractivity contribution in [2.75, 3.05) is 81.7 Å². The molecule has 0 radical (unpaired) electrons. The summed E-state index contributed by atoms with van der Waals surface area (Å²) < 4.78 is 14.2. The van der Waals surface area contributed by atoms with Crippen LogP contribution in [0.2, 0.25) is 0 Å². The number of rotatable bonds is 8. The zero-order valence-corrected chi connectivity index (χ0v) is 23.6. The van der Waals surface area contributed by atoms with Crippen LogP contribution in [0.1, 0.15) is 23.0 Å². The van der Waals surface area contributed by atoms with Crippen LogP contribution in [0.3, 0.4) is 0 Å². The minimum absolute atomic E-state index is 0.0997. The molecule has 220 valence electrons. The van der Waals surface area contributed by atoms with Crippen molar-refractivity contribution in [3.05, 3.63) is 65.9 Å². The van der Waals surface area contributed by atoms with Crippen molar-refractivity contribution < 1.29 is 14.3 Å². The lowest BCUT2D eigenvalue weighted by molar-refractivity contribution is 0.0957. The molecule has 12 nitrogen and oxygen atoms in total. The van der Waals surface area contributed by atoms with Crippen LogP contribution in [0, 0.1) is 5.82 Å². The van der Waals surface area contributed by atoms with E-state index in [1.807, 2.05) is 17.0 Å². The van der Waals surface area contributed by atoms with Gasteiger partial charge in [0.15, 0.2) is 11.6 Å². The maximum atomic E-state index is 14.2. The van der Waals surface area contributed by atoms with Gasteiger partial charge in [0.2, 0.25) is 5.95 Å². The van der Waals surface area contributed by atoms with Gasteiger partial charge in [0.25, 0.3) is 5.91 Å². The van der Waals surface area contributed by atoms with E-state index in [1.165, 1.54) is 5.56 Å². The first-order valence-corrected chi connectivity index (χ1v) is 13.8. The van der Waals surface area contributed by atoms with Crippen molar-refractivity contribution in [3.63, 3.8) is 0 Å². The number of aliphatic hydroxyl groups excluding tert-OH is 1. The van der Waals surface area contributed by atoms with Crippen LogP contribution in [-0.4, -0.2) is 102 Å². The lowest BCUT2D eigenvalue weighted by Gasteiger charge is -2.32. The molecule has 5 rings (SSSR count). The molecule has 2 fully saturated rings. The monoisotopic (exact) mass is 566 g/mol. The van der Waals surface area contributed by atoms with E-state index >= 15 is 0 Å². The number of piperazine rings is 2. The second-order valence-electron chi connectivity index (χ2n) is 9.83. The van der Waals surface area contributed by atoms with Crippen molar-refractivity contribution in [3.8, 4) is 0 Å². The first-order chi connectivity index (χ1) is 19.9. The summed E-state index contributed by atoms with van der Waals surface area (Å²) in [6.07, 6.45) is 2.69. The van der Waals surface area contributed by atoms with E-state index in [4.69, 9.17) is 5.11 Å². The summed E-state index contributed by atoms with van der Waals surface area (Å²) in [6, 6.07) is 11.8. The van der Waals surface area contributed by atoms with Crippen LogP contribution in [0.4, 0.5) is 27.5 Å². The number of aliphatic hydroxyl groups is 1. The molecule has 0 spiro atoms.